The molecule has 1 aliphatic heterocycles. The highest BCUT2D eigenvalue weighted by Gasteiger charge is 2.55. The van der Waals surface area contributed by atoms with Crippen LogP contribution in [0, 0.1) is 23.2 Å². The van der Waals surface area contributed by atoms with E-state index in [0.29, 0.717) is 12.0 Å². The number of aliphatic carboxylic acids is 1. The van der Waals surface area contributed by atoms with Crippen LogP contribution in [0.4, 0.5) is 11.4 Å². The number of benzene rings is 2. The van der Waals surface area contributed by atoms with Gasteiger partial charge in [-0.3, -0.25) is 0 Å². The van der Waals surface area contributed by atoms with Gasteiger partial charge in [0.15, 0.2) is 0 Å². The van der Waals surface area contributed by atoms with Crippen molar-refractivity contribution in [3.05, 3.63) is 88.8 Å². The Balaban J connectivity index is 1.07. The van der Waals surface area contributed by atoms with Gasteiger partial charge < -0.3 is 10.0 Å². The summed E-state index contributed by atoms with van der Waals surface area (Å²) in [5.74, 6) is 1.03. The van der Waals surface area contributed by atoms with Crippen molar-refractivity contribution in [1.82, 2.24) is 0 Å². The fraction of sp³-hybridized carbons (Fsp3) is 0.200. The largest absolute Gasteiger partial charge is 0.477 e. The van der Waals surface area contributed by atoms with Gasteiger partial charge in [0.05, 0.1) is 9.40 Å². The van der Waals surface area contributed by atoms with E-state index in [2.05, 4.69) is 65.6 Å². The molecular formula is C35H24N2O2S4. The number of hydrogen-bond acceptors (Lipinski definition) is 7. The number of nitriles is 1. The zero-order chi connectivity index (χ0) is 28.8. The van der Waals surface area contributed by atoms with Crippen LogP contribution in [-0.4, -0.2) is 17.1 Å². The molecule has 2 fully saturated rings. The Labute approximate surface area is 264 Å². The first-order valence-corrected chi connectivity index (χ1v) is 17.7. The lowest BCUT2D eigenvalue weighted by atomic mass is 9.82. The Morgan fingerprint density at radius 3 is 2.42 bits per heavy atom. The molecule has 0 spiro atoms. The van der Waals surface area contributed by atoms with E-state index in [1.54, 1.807) is 23.0 Å². The second-order valence-electron chi connectivity index (χ2n) is 11.7. The first-order valence-electron chi connectivity index (χ1n) is 14.5. The van der Waals surface area contributed by atoms with Crippen LogP contribution in [0.25, 0.3) is 45.1 Å². The first-order chi connectivity index (χ1) is 21.1. The fourth-order valence-electron chi connectivity index (χ4n) is 7.77. The molecule has 0 saturated heterocycles. The third-order valence-corrected chi connectivity index (χ3v) is 14.5. The summed E-state index contributed by atoms with van der Waals surface area (Å²) in [4.78, 5) is 18.3. The second kappa shape index (κ2) is 9.63. The molecule has 1 N–H and O–H groups in total. The van der Waals surface area contributed by atoms with Gasteiger partial charge in [-0.15, -0.1) is 45.3 Å². The molecule has 3 aliphatic rings. The summed E-state index contributed by atoms with van der Waals surface area (Å²) in [7, 11) is 0. The number of rotatable bonds is 5. The van der Waals surface area contributed by atoms with E-state index in [1.807, 2.05) is 34.8 Å². The average molecular weight is 633 g/mol. The zero-order valence-corrected chi connectivity index (χ0v) is 26.1. The number of carboxylic acid groups (broad SMARTS) is 1. The molecule has 2 bridgehead atoms. The molecule has 8 heteroatoms. The molecule has 0 radical (unpaired) electrons. The minimum Gasteiger partial charge on any atom is -0.477 e. The van der Waals surface area contributed by atoms with Gasteiger partial charge in [-0.1, -0.05) is 24.3 Å². The van der Waals surface area contributed by atoms with Gasteiger partial charge in [0.1, 0.15) is 11.6 Å². The monoisotopic (exact) mass is 632 g/mol. The average Bonchev–Trinajstić information content (AvgIpc) is 3.86. The first kappa shape index (κ1) is 25.7. The number of para-hydroxylation sites is 1. The van der Waals surface area contributed by atoms with Crippen LogP contribution in [0.5, 0.6) is 0 Å². The van der Waals surface area contributed by atoms with Gasteiger partial charge in [0.2, 0.25) is 0 Å². The minimum atomic E-state index is -1.20. The van der Waals surface area contributed by atoms with Crippen LogP contribution in [0.2, 0.25) is 0 Å². The zero-order valence-electron chi connectivity index (χ0n) is 22.8. The van der Waals surface area contributed by atoms with Gasteiger partial charge >= 0.3 is 5.97 Å². The summed E-state index contributed by atoms with van der Waals surface area (Å²) in [6, 6.07) is 29.1. The van der Waals surface area contributed by atoms with E-state index in [9.17, 15) is 9.90 Å². The van der Waals surface area contributed by atoms with Crippen molar-refractivity contribution >= 4 is 87.6 Å². The maximum absolute atomic E-state index is 11.2. The number of thiophene rings is 4. The molecule has 210 valence electrons. The molecule has 4 unspecified atom stereocenters. The lowest BCUT2D eigenvalue weighted by Crippen LogP contribution is -2.35. The SMILES string of the molecule is N#C/C(=C\c1ccc(-c2cc3sc4cc(-c5ccc6c(c5)C5C7CCC(C7)C5N6c5ccccc5)sc4c3s2)s1)C(=O)O. The van der Waals surface area contributed by atoms with Gasteiger partial charge in [-0.25, -0.2) is 4.79 Å². The molecule has 2 aliphatic carbocycles. The van der Waals surface area contributed by atoms with Crippen molar-refractivity contribution in [2.45, 2.75) is 31.2 Å². The smallest absolute Gasteiger partial charge is 0.346 e. The van der Waals surface area contributed by atoms with Crippen molar-refractivity contribution in [3.63, 3.8) is 0 Å². The third-order valence-electron chi connectivity index (χ3n) is 9.46. The normalized spacial score (nSPS) is 22.4. The van der Waals surface area contributed by atoms with Crippen molar-refractivity contribution < 1.29 is 9.90 Å². The topological polar surface area (TPSA) is 64.3 Å². The molecule has 2 aromatic carbocycles. The third kappa shape index (κ3) is 3.92. The lowest BCUT2D eigenvalue weighted by Gasteiger charge is -2.33. The van der Waals surface area contributed by atoms with E-state index in [1.165, 1.54) is 82.2 Å². The molecule has 9 rings (SSSR count). The maximum atomic E-state index is 11.2. The number of hydrogen-bond donors (Lipinski definition) is 1. The Bertz CT molecular complexity index is 2160. The van der Waals surface area contributed by atoms with Gasteiger partial charge in [0, 0.05) is 52.2 Å². The summed E-state index contributed by atoms with van der Waals surface area (Å²) in [6.07, 6.45) is 5.55. The van der Waals surface area contributed by atoms with Crippen molar-refractivity contribution in [3.8, 4) is 26.3 Å². The highest BCUT2D eigenvalue weighted by atomic mass is 32.1. The summed E-state index contributed by atoms with van der Waals surface area (Å²) in [5.41, 5.74) is 5.36. The predicted molar refractivity (Wildman–Crippen MR) is 181 cm³/mol. The molecule has 4 nitrogen and oxygen atoms in total. The molecular weight excluding hydrogens is 609 g/mol. The van der Waals surface area contributed by atoms with Crippen LogP contribution >= 0.6 is 45.3 Å². The van der Waals surface area contributed by atoms with E-state index in [-0.39, 0.29) is 5.57 Å². The predicted octanol–water partition coefficient (Wildman–Crippen LogP) is 10.6. The van der Waals surface area contributed by atoms with Crippen LogP contribution < -0.4 is 4.90 Å². The standard InChI is InChI=1S/C35H24N2O2S4/c36-17-21(35(38)39)13-23-9-11-26(40-23)28-16-30-34(43-28)33-29(41-30)15-27(42-33)18-8-10-25-24(14-18)31-19-6-7-20(12-19)32(31)37(25)22-4-2-1-3-5-22/h1-5,8-11,13-16,19-20,31-32H,6-7,12H2,(H,38,39)/b21-13+. The Morgan fingerprint density at radius 1 is 0.860 bits per heavy atom. The molecule has 4 aromatic heterocycles. The second-order valence-corrected chi connectivity index (χ2v) is 16.0. The van der Waals surface area contributed by atoms with Crippen molar-refractivity contribution in [2.75, 3.05) is 4.90 Å². The Kier molecular flexibility index (Phi) is 5.76. The maximum Gasteiger partial charge on any atom is 0.346 e. The van der Waals surface area contributed by atoms with Crippen molar-refractivity contribution in [2.24, 2.45) is 11.8 Å². The van der Waals surface area contributed by atoms with Gasteiger partial charge in [-0.05, 0) is 96.8 Å². The highest BCUT2D eigenvalue weighted by molar-refractivity contribution is 7.40. The molecule has 4 atom stereocenters. The summed E-state index contributed by atoms with van der Waals surface area (Å²) < 4.78 is 5.31. The van der Waals surface area contributed by atoms with Crippen LogP contribution in [0.15, 0.2) is 78.4 Å². The van der Waals surface area contributed by atoms with E-state index >= 15 is 0 Å². The van der Waals surface area contributed by atoms with Crippen molar-refractivity contribution in [1.29, 1.82) is 5.26 Å². The molecule has 2 saturated carbocycles. The van der Waals surface area contributed by atoms with E-state index < -0.39 is 5.97 Å². The molecule has 0 amide bonds. The Morgan fingerprint density at radius 2 is 1.63 bits per heavy atom. The van der Waals surface area contributed by atoms with Crippen LogP contribution in [-0.2, 0) is 4.79 Å². The highest BCUT2D eigenvalue weighted by Crippen LogP contribution is 2.63. The number of nitrogens with zero attached hydrogens (tertiary/aromatic N) is 2. The number of anilines is 2. The van der Waals surface area contributed by atoms with Gasteiger partial charge in [-0.2, -0.15) is 5.26 Å². The number of carbonyl (C=O) groups is 1. The summed E-state index contributed by atoms with van der Waals surface area (Å²) in [6.45, 7) is 0. The van der Waals surface area contributed by atoms with Crippen LogP contribution in [0.3, 0.4) is 0 Å². The lowest BCUT2D eigenvalue weighted by molar-refractivity contribution is -0.132. The van der Waals surface area contributed by atoms with Gasteiger partial charge in [0.25, 0.3) is 0 Å². The molecule has 6 aromatic rings. The van der Waals surface area contributed by atoms with E-state index in [0.717, 1.165) is 21.6 Å². The summed E-state index contributed by atoms with van der Waals surface area (Å²) >= 11 is 7.07. The molecule has 5 heterocycles. The number of carboxylic acids is 1. The fourth-order valence-corrected chi connectivity index (χ4v) is 12.8. The Hall–Kier alpha value is -3.74. The quantitative estimate of drug-likeness (QED) is 0.152. The molecule has 43 heavy (non-hydrogen) atoms. The number of fused-ring (bicyclic) bond motifs is 10. The minimum absolute atomic E-state index is 0.247. The van der Waals surface area contributed by atoms with E-state index in [4.69, 9.17) is 5.26 Å². The van der Waals surface area contributed by atoms with Crippen LogP contribution in [0.1, 0.15) is 35.6 Å². The summed E-state index contributed by atoms with van der Waals surface area (Å²) in [5, 5.41) is 18.3.